The molecule has 2 heterocycles. The monoisotopic (exact) mass is 256 g/mol. The van der Waals surface area contributed by atoms with E-state index in [4.69, 9.17) is 5.73 Å². The van der Waals surface area contributed by atoms with Crippen molar-refractivity contribution in [2.45, 2.75) is 19.9 Å². The van der Waals surface area contributed by atoms with Gasteiger partial charge in [0.1, 0.15) is 0 Å². The Labute approximate surface area is 111 Å². The first-order chi connectivity index (χ1) is 9.11. The van der Waals surface area contributed by atoms with Crippen LogP contribution in [-0.2, 0) is 17.8 Å². The van der Waals surface area contributed by atoms with Crippen molar-refractivity contribution in [2.75, 3.05) is 11.9 Å². The normalized spacial score (nSPS) is 14.1. The van der Waals surface area contributed by atoms with Crippen LogP contribution in [-0.4, -0.2) is 23.2 Å². The van der Waals surface area contributed by atoms with Crippen LogP contribution in [0.25, 0.3) is 11.3 Å². The molecule has 0 radical (unpaired) electrons. The molecule has 3 N–H and O–H groups in total. The van der Waals surface area contributed by atoms with Gasteiger partial charge in [-0.05, 0) is 30.2 Å². The smallest absolute Gasteiger partial charge is 0.231 e. The average Bonchev–Trinajstić information content (AvgIpc) is 2.91. The number of nitrogens with one attached hydrogen (secondary N) is 1. The highest BCUT2D eigenvalue weighted by atomic mass is 16.2. The molecule has 0 unspecified atom stereocenters. The zero-order valence-corrected chi connectivity index (χ0v) is 11.0. The molecule has 0 aliphatic carbocycles. The van der Waals surface area contributed by atoms with Gasteiger partial charge in [0.05, 0.1) is 17.8 Å². The van der Waals surface area contributed by atoms with Gasteiger partial charge in [0.25, 0.3) is 0 Å². The van der Waals surface area contributed by atoms with Crippen molar-refractivity contribution in [3.05, 3.63) is 35.0 Å². The van der Waals surface area contributed by atoms with E-state index < -0.39 is 0 Å². The number of nitrogens with zero attached hydrogens (tertiary/aromatic N) is 2. The number of anilines is 1. The largest absolute Gasteiger partial charge is 0.325 e. The molecule has 19 heavy (non-hydrogen) atoms. The van der Waals surface area contributed by atoms with Gasteiger partial charge in [0.2, 0.25) is 5.91 Å². The van der Waals surface area contributed by atoms with E-state index in [1.807, 2.05) is 25.1 Å². The topological polar surface area (TPSA) is 75.0 Å². The lowest BCUT2D eigenvalue weighted by Crippen LogP contribution is -2.20. The van der Waals surface area contributed by atoms with E-state index in [0.29, 0.717) is 13.0 Å². The summed E-state index contributed by atoms with van der Waals surface area (Å²) in [6.07, 6.45) is 0.465. The number of aromatic nitrogens is 2. The SMILES string of the molecule is Cc1c(-c2ccc3c(c2)CC(=O)N3C)n[nH]c1CN. The van der Waals surface area contributed by atoms with Crippen LogP contribution in [0.5, 0.6) is 0 Å². The van der Waals surface area contributed by atoms with Crippen molar-refractivity contribution in [3.63, 3.8) is 0 Å². The Hall–Kier alpha value is -2.14. The number of benzene rings is 1. The van der Waals surface area contributed by atoms with Gasteiger partial charge in [0, 0.05) is 24.8 Å². The van der Waals surface area contributed by atoms with Crippen LogP contribution in [0.15, 0.2) is 18.2 Å². The summed E-state index contributed by atoms with van der Waals surface area (Å²) in [6, 6.07) is 6.02. The summed E-state index contributed by atoms with van der Waals surface area (Å²) in [4.78, 5) is 13.4. The number of aromatic amines is 1. The first-order valence-electron chi connectivity index (χ1n) is 6.25. The number of hydrogen-bond acceptors (Lipinski definition) is 3. The molecule has 0 bridgehead atoms. The van der Waals surface area contributed by atoms with E-state index in [9.17, 15) is 4.79 Å². The number of carbonyl (C=O) groups is 1. The molecule has 5 nitrogen and oxygen atoms in total. The van der Waals surface area contributed by atoms with Crippen LogP contribution >= 0.6 is 0 Å². The number of amides is 1. The highest BCUT2D eigenvalue weighted by Gasteiger charge is 2.24. The minimum Gasteiger partial charge on any atom is -0.325 e. The molecule has 0 saturated carbocycles. The quantitative estimate of drug-likeness (QED) is 0.852. The molecule has 0 fully saturated rings. The van der Waals surface area contributed by atoms with Crippen molar-refractivity contribution >= 4 is 11.6 Å². The van der Waals surface area contributed by atoms with Gasteiger partial charge < -0.3 is 10.6 Å². The standard InChI is InChI=1S/C14H16N4O/c1-8-11(7-15)16-17-14(8)9-3-4-12-10(5-9)6-13(19)18(12)2/h3-5H,6-7,15H2,1-2H3,(H,16,17). The van der Waals surface area contributed by atoms with E-state index in [2.05, 4.69) is 10.2 Å². The second kappa shape index (κ2) is 4.20. The molecule has 1 aromatic heterocycles. The lowest BCUT2D eigenvalue weighted by Gasteiger charge is -2.10. The van der Waals surface area contributed by atoms with Gasteiger partial charge in [0.15, 0.2) is 0 Å². The van der Waals surface area contributed by atoms with Gasteiger partial charge >= 0.3 is 0 Å². The molecule has 0 spiro atoms. The highest BCUT2D eigenvalue weighted by Crippen LogP contribution is 2.32. The Bertz CT molecular complexity index is 659. The van der Waals surface area contributed by atoms with E-state index in [1.54, 1.807) is 11.9 Å². The minimum absolute atomic E-state index is 0.133. The highest BCUT2D eigenvalue weighted by molar-refractivity contribution is 6.01. The molecule has 0 atom stereocenters. The fourth-order valence-corrected chi connectivity index (χ4v) is 2.53. The predicted molar refractivity (Wildman–Crippen MR) is 73.8 cm³/mol. The van der Waals surface area contributed by atoms with Crippen LogP contribution in [0.2, 0.25) is 0 Å². The third kappa shape index (κ3) is 1.74. The number of hydrogen-bond donors (Lipinski definition) is 2. The number of fused-ring (bicyclic) bond motifs is 1. The molecule has 1 aromatic carbocycles. The fourth-order valence-electron chi connectivity index (χ4n) is 2.53. The number of carbonyl (C=O) groups excluding carboxylic acids is 1. The fraction of sp³-hybridized carbons (Fsp3) is 0.286. The summed E-state index contributed by atoms with van der Waals surface area (Å²) in [5, 5.41) is 7.27. The Balaban J connectivity index is 2.06. The second-order valence-corrected chi connectivity index (χ2v) is 4.85. The number of rotatable bonds is 2. The van der Waals surface area contributed by atoms with E-state index in [-0.39, 0.29) is 5.91 Å². The minimum atomic E-state index is 0.133. The summed E-state index contributed by atoms with van der Waals surface area (Å²) < 4.78 is 0. The molecular weight excluding hydrogens is 240 g/mol. The lowest BCUT2D eigenvalue weighted by atomic mass is 10.0. The maximum atomic E-state index is 11.7. The molecule has 5 heteroatoms. The molecular formula is C14H16N4O. The summed E-state index contributed by atoms with van der Waals surface area (Å²) in [5.74, 6) is 0.133. The molecule has 1 amide bonds. The van der Waals surface area contributed by atoms with Crippen LogP contribution in [0, 0.1) is 6.92 Å². The summed E-state index contributed by atoms with van der Waals surface area (Å²) in [5.41, 5.74) is 11.6. The third-order valence-corrected chi connectivity index (χ3v) is 3.74. The molecule has 1 aliphatic rings. The van der Waals surface area contributed by atoms with Crippen molar-refractivity contribution in [3.8, 4) is 11.3 Å². The van der Waals surface area contributed by atoms with Crippen LogP contribution < -0.4 is 10.6 Å². The van der Waals surface area contributed by atoms with Gasteiger partial charge in [-0.1, -0.05) is 6.07 Å². The maximum absolute atomic E-state index is 11.7. The van der Waals surface area contributed by atoms with Crippen molar-refractivity contribution in [1.82, 2.24) is 10.2 Å². The summed E-state index contributed by atoms with van der Waals surface area (Å²) >= 11 is 0. The van der Waals surface area contributed by atoms with Crippen LogP contribution in [0.3, 0.4) is 0 Å². The number of nitrogens with two attached hydrogens (primary N) is 1. The van der Waals surface area contributed by atoms with Gasteiger partial charge in [-0.25, -0.2) is 0 Å². The molecule has 3 rings (SSSR count). The number of likely N-dealkylation sites (N-methyl/N-ethyl adjacent to an activating group) is 1. The van der Waals surface area contributed by atoms with Gasteiger partial charge in [-0.15, -0.1) is 0 Å². The lowest BCUT2D eigenvalue weighted by molar-refractivity contribution is -0.117. The van der Waals surface area contributed by atoms with Crippen molar-refractivity contribution in [2.24, 2.45) is 5.73 Å². The molecule has 0 saturated heterocycles. The number of H-pyrrole nitrogens is 1. The van der Waals surface area contributed by atoms with Crippen molar-refractivity contribution < 1.29 is 4.79 Å². The van der Waals surface area contributed by atoms with Crippen LogP contribution in [0.1, 0.15) is 16.8 Å². The maximum Gasteiger partial charge on any atom is 0.231 e. The van der Waals surface area contributed by atoms with Crippen molar-refractivity contribution in [1.29, 1.82) is 0 Å². The van der Waals surface area contributed by atoms with Gasteiger partial charge in [-0.3, -0.25) is 9.89 Å². The van der Waals surface area contributed by atoms with E-state index in [0.717, 1.165) is 33.8 Å². The zero-order valence-electron chi connectivity index (χ0n) is 11.0. The molecule has 98 valence electrons. The van der Waals surface area contributed by atoms with Crippen LogP contribution in [0.4, 0.5) is 5.69 Å². The Morgan fingerprint density at radius 2 is 2.26 bits per heavy atom. The third-order valence-electron chi connectivity index (χ3n) is 3.74. The summed E-state index contributed by atoms with van der Waals surface area (Å²) in [6.45, 7) is 2.45. The zero-order chi connectivity index (χ0) is 13.6. The van der Waals surface area contributed by atoms with Gasteiger partial charge in [-0.2, -0.15) is 5.10 Å². The molecule has 2 aromatic rings. The average molecular weight is 256 g/mol. The molecule has 1 aliphatic heterocycles. The Kier molecular flexibility index (Phi) is 2.64. The predicted octanol–water partition coefficient (Wildman–Crippen LogP) is 1.36. The second-order valence-electron chi connectivity index (χ2n) is 4.85. The Morgan fingerprint density at radius 1 is 1.47 bits per heavy atom. The Morgan fingerprint density at radius 3 is 2.95 bits per heavy atom. The first kappa shape index (κ1) is 11.9. The van der Waals surface area contributed by atoms with E-state index in [1.165, 1.54) is 0 Å². The summed E-state index contributed by atoms with van der Waals surface area (Å²) in [7, 11) is 1.81. The van der Waals surface area contributed by atoms with E-state index >= 15 is 0 Å². The first-order valence-corrected chi connectivity index (χ1v) is 6.25.